The van der Waals surface area contributed by atoms with Gasteiger partial charge >= 0.3 is 0 Å². The van der Waals surface area contributed by atoms with Gasteiger partial charge in [0.2, 0.25) is 0 Å². The highest BCUT2D eigenvalue weighted by Crippen LogP contribution is 2.07. The van der Waals surface area contributed by atoms with Gasteiger partial charge in [-0.1, -0.05) is 26.0 Å². The molecule has 0 spiro atoms. The first-order valence-electron chi connectivity index (χ1n) is 5.18. The number of hydrogen-bond donors (Lipinski definition) is 0. The van der Waals surface area contributed by atoms with E-state index in [9.17, 15) is 0 Å². The molecule has 0 aromatic heterocycles. The van der Waals surface area contributed by atoms with Crippen LogP contribution in [0.15, 0.2) is 12.2 Å². The minimum atomic E-state index is 0.712. The molecule has 1 nitrogen and oxygen atoms in total. The number of hydrogen-bond acceptors (Lipinski definition) is 1. The Balaban J connectivity index is 2.01. The Morgan fingerprint density at radius 1 is 1.25 bits per heavy atom. The van der Waals surface area contributed by atoms with E-state index in [1.807, 2.05) is 0 Å². The van der Waals surface area contributed by atoms with Crippen molar-refractivity contribution < 1.29 is 0 Å². The van der Waals surface area contributed by atoms with Gasteiger partial charge in [-0.15, -0.1) is 0 Å². The minimum absolute atomic E-state index is 0.712. The van der Waals surface area contributed by atoms with Gasteiger partial charge in [-0.3, -0.25) is 0 Å². The average Bonchev–Trinajstić information content (AvgIpc) is 2.49. The van der Waals surface area contributed by atoms with Crippen LogP contribution in [0, 0.1) is 5.92 Å². The van der Waals surface area contributed by atoms with E-state index >= 15 is 0 Å². The smallest absolute Gasteiger partial charge is 0.00159 e. The summed E-state index contributed by atoms with van der Waals surface area (Å²) in [5, 5.41) is 0. The minimum Gasteiger partial charge on any atom is -0.303 e. The summed E-state index contributed by atoms with van der Waals surface area (Å²) in [6.07, 6.45) is 8.68. The maximum atomic E-state index is 2.56. The van der Waals surface area contributed by atoms with Crippen LogP contribution in [0.4, 0.5) is 0 Å². The van der Waals surface area contributed by atoms with Crippen LogP contribution in [-0.2, 0) is 0 Å². The van der Waals surface area contributed by atoms with Crippen LogP contribution in [0.3, 0.4) is 0 Å². The topological polar surface area (TPSA) is 3.24 Å². The fourth-order valence-electron chi connectivity index (χ4n) is 1.63. The second-order valence-corrected chi connectivity index (χ2v) is 4.01. The Labute approximate surface area is 76.5 Å². The van der Waals surface area contributed by atoms with Gasteiger partial charge in [-0.25, -0.2) is 0 Å². The molecule has 0 saturated carbocycles. The maximum absolute atomic E-state index is 2.56. The van der Waals surface area contributed by atoms with Crippen LogP contribution in [0.2, 0.25) is 0 Å². The molecule has 0 atom stereocenters. The van der Waals surface area contributed by atoms with Gasteiger partial charge in [-0.2, -0.15) is 0 Å². The first-order valence-corrected chi connectivity index (χ1v) is 5.18. The fourth-order valence-corrected chi connectivity index (χ4v) is 1.63. The molecule has 0 aliphatic carbocycles. The quantitative estimate of drug-likeness (QED) is 0.582. The number of allylic oxidation sites excluding steroid dienone is 1. The summed E-state index contributed by atoms with van der Waals surface area (Å²) < 4.78 is 0. The summed E-state index contributed by atoms with van der Waals surface area (Å²) in [5.41, 5.74) is 0. The molecule has 12 heavy (non-hydrogen) atoms. The molecule has 1 aliphatic heterocycles. The molecule has 1 fully saturated rings. The predicted octanol–water partition coefficient (Wildman–Crippen LogP) is 2.68. The van der Waals surface area contributed by atoms with Crippen molar-refractivity contribution in [2.75, 3.05) is 19.6 Å². The second-order valence-electron chi connectivity index (χ2n) is 4.01. The summed E-state index contributed by atoms with van der Waals surface area (Å²) in [7, 11) is 0. The molecule has 0 N–H and O–H groups in total. The van der Waals surface area contributed by atoms with E-state index in [0.717, 1.165) is 0 Å². The van der Waals surface area contributed by atoms with Gasteiger partial charge in [0, 0.05) is 6.54 Å². The Morgan fingerprint density at radius 2 is 1.92 bits per heavy atom. The summed E-state index contributed by atoms with van der Waals surface area (Å²) in [4.78, 5) is 2.56. The molecule has 1 heteroatoms. The third-order valence-electron chi connectivity index (χ3n) is 2.33. The van der Waals surface area contributed by atoms with Crippen molar-refractivity contribution in [2.24, 2.45) is 5.92 Å². The molecule has 0 bridgehead atoms. The van der Waals surface area contributed by atoms with Crippen LogP contribution in [0.25, 0.3) is 0 Å². The van der Waals surface area contributed by atoms with E-state index in [4.69, 9.17) is 0 Å². The Bertz CT molecular complexity index is 132. The van der Waals surface area contributed by atoms with Gasteiger partial charge in [0.05, 0.1) is 0 Å². The molecular formula is C11H21N. The number of likely N-dealkylation sites (tertiary alicyclic amines) is 1. The molecule has 0 aromatic carbocycles. The summed E-state index contributed by atoms with van der Waals surface area (Å²) in [5.74, 6) is 0.712. The van der Waals surface area contributed by atoms with Gasteiger partial charge in [-0.05, 0) is 38.3 Å². The molecule has 1 saturated heterocycles. The largest absolute Gasteiger partial charge is 0.303 e. The molecule has 70 valence electrons. The zero-order valence-electron chi connectivity index (χ0n) is 8.42. The second kappa shape index (κ2) is 5.36. The van der Waals surface area contributed by atoms with Gasteiger partial charge in [0.15, 0.2) is 0 Å². The lowest BCUT2D eigenvalue weighted by atomic mass is 10.2. The van der Waals surface area contributed by atoms with E-state index in [2.05, 4.69) is 30.9 Å². The number of nitrogens with zero attached hydrogens (tertiary/aromatic N) is 1. The average molecular weight is 167 g/mol. The molecule has 0 amide bonds. The lowest BCUT2D eigenvalue weighted by Crippen LogP contribution is -2.19. The van der Waals surface area contributed by atoms with E-state index in [1.165, 1.54) is 38.9 Å². The van der Waals surface area contributed by atoms with Crippen LogP contribution >= 0.6 is 0 Å². The van der Waals surface area contributed by atoms with E-state index < -0.39 is 0 Å². The van der Waals surface area contributed by atoms with Crippen LogP contribution in [-0.4, -0.2) is 24.5 Å². The van der Waals surface area contributed by atoms with Crippen molar-refractivity contribution in [1.29, 1.82) is 0 Å². The lowest BCUT2D eigenvalue weighted by molar-refractivity contribution is 0.346. The van der Waals surface area contributed by atoms with Gasteiger partial charge < -0.3 is 4.90 Å². The Morgan fingerprint density at radius 3 is 2.50 bits per heavy atom. The molecule has 1 heterocycles. The Hall–Kier alpha value is -0.300. The maximum Gasteiger partial charge on any atom is 0.00159 e. The first-order chi connectivity index (χ1) is 5.79. The van der Waals surface area contributed by atoms with Crippen molar-refractivity contribution in [1.82, 2.24) is 4.90 Å². The zero-order chi connectivity index (χ0) is 8.81. The third kappa shape index (κ3) is 3.91. The van der Waals surface area contributed by atoms with Crippen LogP contribution in [0.1, 0.15) is 33.1 Å². The number of rotatable bonds is 4. The van der Waals surface area contributed by atoms with E-state index in [-0.39, 0.29) is 0 Å². The van der Waals surface area contributed by atoms with Crippen LogP contribution in [0.5, 0.6) is 0 Å². The zero-order valence-corrected chi connectivity index (χ0v) is 8.42. The molecular weight excluding hydrogens is 146 g/mol. The Kier molecular flexibility index (Phi) is 4.37. The predicted molar refractivity (Wildman–Crippen MR) is 54.3 cm³/mol. The lowest BCUT2D eigenvalue weighted by Gasteiger charge is -2.12. The summed E-state index contributed by atoms with van der Waals surface area (Å²) >= 11 is 0. The molecule has 0 unspecified atom stereocenters. The SMILES string of the molecule is CC(C)/C=C/CCN1CCCC1. The molecule has 0 radical (unpaired) electrons. The van der Waals surface area contributed by atoms with Crippen molar-refractivity contribution >= 4 is 0 Å². The first kappa shape index (κ1) is 9.79. The van der Waals surface area contributed by atoms with Crippen molar-refractivity contribution in [3.8, 4) is 0 Å². The molecule has 1 aliphatic rings. The van der Waals surface area contributed by atoms with Crippen molar-refractivity contribution in [3.05, 3.63) is 12.2 Å². The normalized spacial score (nSPS) is 19.9. The standard InChI is InChI=1S/C11H21N/c1-11(2)7-3-4-8-12-9-5-6-10-12/h3,7,11H,4-6,8-10H2,1-2H3/b7-3+. The summed E-state index contributed by atoms with van der Waals surface area (Å²) in [6, 6.07) is 0. The summed E-state index contributed by atoms with van der Waals surface area (Å²) in [6.45, 7) is 8.38. The van der Waals surface area contributed by atoms with E-state index in [0.29, 0.717) is 5.92 Å². The molecule has 0 aromatic rings. The fraction of sp³-hybridized carbons (Fsp3) is 0.818. The van der Waals surface area contributed by atoms with Gasteiger partial charge in [0.25, 0.3) is 0 Å². The van der Waals surface area contributed by atoms with Crippen molar-refractivity contribution in [2.45, 2.75) is 33.1 Å². The highest BCUT2D eigenvalue weighted by Gasteiger charge is 2.08. The highest BCUT2D eigenvalue weighted by atomic mass is 15.1. The molecule has 1 rings (SSSR count). The van der Waals surface area contributed by atoms with Gasteiger partial charge in [0.1, 0.15) is 0 Å². The third-order valence-corrected chi connectivity index (χ3v) is 2.33. The van der Waals surface area contributed by atoms with E-state index in [1.54, 1.807) is 0 Å². The monoisotopic (exact) mass is 167 g/mol. The highest BCUT2D eigenvalue weighted by molar-refractivity contribution is 4.85. The van der Waals surface area contributed by atoms with Crippen molar-refractivity contribution in [3.63, 3.8) is 0 Å². The van der Waals surface area contributed by atoms with Crippen LogP contribution < -0.4 is 0 Å².